The first kappa shape index (κ1) is 26.0. The summed E-state index contributed by atoms with van der Waals surface area (Å²) in [5.74, 6) is 0.0805. The lowest BCUT2D eigenvalue weighted by atomic mass is 9.90. The van der Waals surface area contributed by atoms with E-state index in [1.165, 1.54) is 6.21 Å². The summed E-state index contributed by atoms with van der Waals surface area (Å²) >= 11 is 0. The van der Waals surface area contributed by atoms with Gasteiger partial charge in [0.2, 0.25) is 0 Å². The van der Waals surface area contributed by atoms with Crippen molar-refractivity contribution < 1.29 is 36.2 Å². The van der Waals surface area contributed by atoms with Gasteiger partial charge in [-0.05, 0) is 55.6 Å². The smallest absolute Gasteiger partial charge is 0.453 e. The van der Waals surface area contributed by atoms with Crippen LogP contribution >= 0.6 is 0 Å². The zero-order valence-corrected chi connectivity index (χ0v) is 20.9. The molecule has 8 nitrogen and oxygen atoms in total. The normalized spacial score (nSPS) is 22.0. The average molecular weight is 548 g/mol. The molecule has 2 aliphatic rings. The second-order valence-corrected chi connectivity index (χ2v) is 10.7. The molecule has 2 aliphatic heterocycles. The lowest BCUT2D eigenvalue weighted by Gasteiger charge is -2.46. The van der Waals surface area contributed by atoms with Gasteiger partial charge in [0.05, 0.1) is 28.4 Å². The second kappa shape index (κ2) is 9.93. The maximum Gasteiger partial charge on any atom is 0.573 e. The number of aliphatic hydroxyl groups excluding tert-OH is 1. The van der Waals surface area contributed by atoms with Gasteiger partial charge >= 0.3 is 6.36 Å². The molecule has 0 aromatic heterocycles. The number of likely N-dealkylation sites (tertiary alicyclic amines) is 1. The predicted octanol–water partition coefficient (Wildman–Crippen LogP) is 4.58. The summed E-state index contributed by atoms with van der Waals surface area (Å²) in [6.45, 7) is 0.838. The highest BCUT2D eigenvalue weighted by molar-refractivity contribution is 7.90. The fourth-order valence-corrected chi connectivity index (χ4v) is 5.67. The third-order valence-corrected chi connectivity index (χ3v) is 7.67. The number of aliphatic hydroxyl groups is 1. The molecule has 2 heterocycles. The molecule has 1 N–H and O–H groups in total. The quantitative estimate of drug-likeness (QED) is 0.468. The maximum absolute atomic E-state index is 12.8. The molecular weight excluding hydrogens is 523 g/mol. The fraction of sp³-hybridized carbons (Fsp3) is 0.269. The number of para-hydroxylation sites is 4. The molecule has 0 spiro atoms. The van der Waals surface area contributed by atoms with Gasteiger partial charge in [-0.2, -0.15) is 12.8 Å². The van der Waals surface area contributed by atoms with Gasteiger partial charge in [-0.25, -0.2) is 0 Å². The van der Waals surface area contributed by atoms with Crippen LogP contribution in [0, 0.1) is 5.92 Å². The van der Waals surface area contributed by atoms with Gasteiger partial charge in [0.25, 0.3) is 10.0 Å². The van der Waals surface area contributed by atoms with Crippen LogP contribution < -0.4 is 14.4 Å². The van der Waals surface area contributed by atoms with Gasteiger partial charge in [-0.3, -0.25) is 0 Å². The van der Waals surface area contributed by atoms with Crippen molar-refractivity contribution in [1.29, 1.82) is 0 Å². The van der Waals surface area contributed by atoms with E-state index in [2.05, 4.69) is 9.13 Å². The van der Waals surface area contributed by atoms with E-state index in [0.717, 1.165) is 35.6 Å². The summed E-state index contributed by atoms with van der Waals surface area (Å²) in [5, 5.41) is 11.4. The summed E-state index contributed by atoms with van der Waals surface area (Å²) < 4.78 is 76.4. The molecule has 0 amide bonds. The Morgan fingerprint density at radius 3 is 2.13 bits per heavy atom. The Kier molecular flexibility index (Phi) is 6.80. The average Bonchev–Trinajstić information content (AvgIpc) is 2.87. The first-order valence-corrected chi connectivity index (χ1v) is 13.1. The Morgan fingerprint density at radius 1 is 0.974 bits per heavy atom. The van der Waals surface area contributed by atoms with Crippen LogP contribution in [0.5, 0.6) is 17.2 Å². The van der Waals surface area contributed by atoms with Gasteiger partial charge < -0.3 is 24.4 Å². The predicted molar refractivity (Wildman–Crippen MR) is 135 cm³/mol. The van der Waals surface area contributed by atoms with Crippen molar-refractivity contribution in [3.63, 3.8) is 0 Å². The van der Waals surface area contributed by atoms with Crippen molar-refractivity contribution >= 4 is 27.6 Å². The molecule has 3 aromatic carbocycles. The van der Waals surface area contributed by atoms with Gasteiger partial charge in [-0.15, -0.1) is 13.2 Å². The molecule has 3 atom stereocenters. The zero-order chi connectivity index (χ0) is 27.1. The second-order valence-electron chi connectivity index (χ2n) is 9.10. The first-order chi connectivity index (χ1) is 18.0. The minimum atomic E-state index is -4.89. The third kappa shape index (κ3) is 5.33. The molecule has 0 aliphatic carbocycles. The fourth-order valence-electron chi connectivity index (χ4n) is 4.75. The molecule has 1 fully saturated rings. The highest BCUT2D eigenvalue weighted by atomic mass is 32.2. The Bertz CT molecular complexity index is 1400. The number of benzene rings is 3. The highest BCUT2D eigenvalue weighted by Crippen LogP contribution is 2.48. The lowest BCUT2D eigenvalue weighted by molar-refractivity contribution is -0.274. The summed E-state index contributed by atoms with van der Waals surface area (Å²) in [6.07, 6.45) is -4.69. The minimum absolute atomic E-state index is 0.297. The summed E-state index contributed by atoms with van der Waals surface area (Å²) in [5.41, 5.74) is 1.55. The first-order valence-electron chi connectivity index (χ1n) is 11.7. The van der Waals surface area contributed by atoms with Crippen LogP contribution in [0.3, 0.4) is 0 Å². The van der Waals surface area contributed by atoms with E-state index in [9.17, 15) is 26.7 Å². The number of halogens is 3. The molecule has 12 heteroatoms. The van der Waals surface area contributed by atoms with Gasteiger partial charge in [0, 0.05) is 25.2 Å². The lowest BCUT2D eigenvalue weighted by Crippen LogP contribution is -2.58. The molecule has 0 saturated carbocycles. The van der Waals surface area contributed by atoms with Crippen molar-refractivity contribution in [3.05, 3.63) is 72.8 Å². The maximum atomic E-state index is 12.8. The number of fused-ring (bicyclic) bond motifs is 2. The summed E-state index contributed by atoms with van der Waals surface area (Å²) in [7, 11) is -2.36. The molecule has 38 heavy (non-hydrogen) atoms. The van der Waals surface area contributed by atoms with Crippen molar-refractivity contribution in [2.24, 2.45) is 10.3 Å². The van der Waals surface area contributed by atoms with E-state index in [4.69, 9.17) is 4.74 Å². The highest BCUT2D eigenvalue weighted by Gasteiger charge is 2.41. The topological polar surface area (TPSA) is 91.7 Å². The van der Waals surface area contributed by atoms with Gasteiger partial charge in [-0.1, -0.05) is 24.3 Å². The summed E-state index contributed by atoms with van der Waals surface area (Å²) in [6, 6.07) is 18.3. The van der Waals surface area contributed by atoms with Crippen LogP contribution in [0.25, 0.3) is 0 Å². The molecule has 1 saturated heterocycles. The number of alkyl halides is 3. The van der Waals surface area contributed by atoms with E-state index in [-0.39, 0.29) is 4.90 Å². The van der Waals surface area contributed by atoms with E-state index in [0.29, 0.717) is 24.6 Å². The number of hydrogen-bond acceptors (Lipinski definition) is 7. The van der Waals surface area contributed by atoms with Crippen molar-refractivity contribution in [3.8, 4) is 17.2 Å². The third-order valence-electron chi connectivity index (χ3n) is 6.40. The number of anilines is 2. The minimum Gasteiger partial charge on any atom is -0.453 e. The van der Waals surface area contributed by atoms with Crippen LogP contribution in [-0.4, -0.2) is 63.3 Å². The Labute approximate surface area is 217 Å². The van der Waals surface area contributed by atoms with E-state index >= 15 is 0 Å². The molecule has 200 valence electrons. The molecular formula is C26H24F3N3O5S. The molecule has 1 unspecified atom stereocenters. The number of piperidine rings is 1. The largest absolute Gasteiger partial charge is 0.573 e. The number of hydrogen-bond donors (Lipinski definition) is 1. The number of likely N-dealkylation sites (N-methyl/N-ethyl adjacent to an activating group) is 1. The van der Waals surface area contributed by atoms with E-state index in [1.54, 1.807) is 0 Å². The molecule has 3 aromatic rings. The Morgan fingerprint density at radius 2 is 1.55 bits per heavy atom. The number of ether oxygens (including phenoxy) is 2. The van der Waals surface area contributed by atoms with Crippen LogP contribution in [-0.2, 0) is 10.0 Å². The van der Waals surface area contributed by atoms with Crippen LogP contribution in [0.1, 0.15) is 0 Å². The number of nitrogens with zero attached hydrogens (tertiary/aromatic N) is 3. The van der Waals surface area contributed by atoms with Gasteiger partial charge in [0.15, 0.2) is 11.5 Å². The van der Waals surface area contributed by atoms with Crippen molar-refractivity contribution in [2.75, 3.05) is 25.0 Å². The standard InChI is InChI=1S/C26H24F3N3O5S/c1-31-15-17(14-30-38(34,35)19-12-10-18(11-13-19)37-26(27,28)29)25(33)22(16-31)32-20-6-2-4-8-23(20)36-24-9-5-3-7-21(24)32/h2-14,17,22,25,33H,15-16H2,1H3/b30-14+/t17?,22-,25-/m0/s1. The molecule has 0 bridgehead atoms. The van der Waals surface area contributed by atoms with E-state index < -0.39 is 40.2 Å². The van der Waals surface area contributed by atoms with Gasteiger partial charge in [0.1, 0.15) is 5.75 Å². The van der Waals surface area contributed by atoms with Crippen LogP contribution in [0.15, 0.2) is 82.1 Å². The zero-order valence-electron chi connectivity index (χ0n) is 20.1. The summed E-state index contributed by atoms with van der Waals surface area (Å²) in [4.78, 5) is 3.68. The SMILES string of the molecule is CN1CC(/C=N/S(=O)(=O)c2ccc(OC(F)(F)F)cc2)[C@H](O)[C@@H](N2c3ccccc3Oc3ccccc32)C1. The Hall–Kier alpha value is -3.61. The number of rotatable bonds is 5. The monoisotopic (exact) mass is 547 g/mol. The molecule has 0 radical (unpaired) electrons. The van der Waals surface area contributed by atoms with Crippen molar-refractivity contribution in [1.82, 2.24) is 4.90 Å². The Balaban J connectivity index is 1.41. The van der Waals surface area contributed by atoms with E-state index in [1.807, 2.05) is 65.4 Å². The van der Waals surface area contributed by atoms with Crippen molar-refractivity contribution in [2.45, 2.75) is 23.4 Å². The van der Waals surface area contributed by atoms with Crippen LogP contribution in [0.2, 0.25) is 0 Å². The molecule has 5 rings (SSSR count). The van der Waals surface area contributed by atoms with Crippen LogP contribution in [0.4, 0.5) is 24.5 Å². The number of sulfonamides is 1.